The molecular weight excluding hydrogens is 398 g/mol. The summed E-state index contributed by atoms with van der Waals surface area (Å²) in [5, 5.41) is 10.3. The van der Waals surface area contributed by atoms with Crippen molar-refractivity contribution in [2.45, 2.75) is 25.7 Å². The van der Waals surface area contributed by atoms with E-state index in [4.69, 9.17) is 0 Å². The first-order valence-corrected chi connectivity index (χ1v) is 9.69. The predicted molar refractivity (Wildman–Crippen MR) is 105 cm³/mol. The summed E-state index contributed by atoms with van der Waals surface area (Å²) < 4.78 is 0.887. The van der Waals surface area contributed by atoms with Crippen LogP contribution in [0.25, 0.3) is 21.9 Å². The number of halogens is 1. The molecule has 0 atom stereocenters. The van der Waals surface area contributed by atoms with Crippen molar-refractivity contribution in [2.24, 2.45) is 0 Å². The summed E-state index contributed by atoms with van der Waals surface area (Å²) in [5.74, 6) is 0.328. The molecule has 0 saturated carbocycles. The molecule has 4 nitrogen and oxygen atoms in total. The van der Waals surface area contributed by atoms with Crippen molar-refractivity contribution in [3.8, 4) is 6.07 Å². The van der Waals surface area contributed by atoms with Gasteiger partial charge in [0, 0.05) is 9.35 Å². The van der Waals surface area contributed by atoms with Crippen LogP contribution in [-0.2, 0) is 12.8 Å². The van der Waals surface area contributed by atoms with Gasteiger partial charge >= 0.3 is 0 Å². The smallest absolute Gasteiger partial charge is 0.260 e. The van der Waals surface area contributed by atoms with Gasteiger partial charge < -0.3 is 4.98 Å². The van der Waals surface area contributed by atoms with Gasteiger partial charge in [-0.1, -0.05) is 34.1 Å². The normalized spacial score (nSPS) is 14.3. The lowest BCUT2D eigenvalue weighted by Gasteiger charge is -2.09. The van der Waals surface area contributed by atoms with Crippen LogP contribution >= 0.6 is 27.3 Å². The highest BCUT2D eigenvalue weighted by atomic mass is 79.9. The van der Waals surface area contributed by atoms with Crippen molar-refractivity contribution < 1.29 is 0 Å². The number of hydrogen-bond acceptors (Lipinski definition) is 4. The summed E-state index contributed by atoms with van der Waals surface area (Å²) in [6, 6.07) is 9.79. The molecule has 25 heavy (non-hydrogen) atoms. The van der Waals surface area contributed by atoms with Crippen LogP contribution in [0.3, 0.4) is 0 Å². The van der Waals surface area contributed by atoms with Gasteiger partial charge in [0.05, 0.1) is 11.0 Å². The van der Waals surface area contributed by atoms with E-state index in [1.807, 2.05) is 24.3 Å². The van der Waals surface area contributed by atoms with Crippen molar-refractivity contribution in [3.05, 3.63) is 60.9 Å². The molecule has 0 radical (unpaired) electrons. The molecule has 0 saturated heterocycles. The van der Waals surface area contributed by atoms with Gasteiger partial charge in [-0.25, -0.2) is 4.98 Å². The van der Waals surface area contributed by atoms with Crippen LogP contribution in [0.1, 0.15) is 34.7 Å². The van der Waals surface area contributed by atoms with Gasteiger partial charge in [-0.3, -0.25) is 4.79 Å². The standard InChI is InChI=1S/C19H14BrN3OS/c20-14-7-3-1-5-11(14)9-12(10-21)17-22-18(24)16-13-6-2-4-8-15(13)25-19(16)23-17/h1,3,5,7,9H,2,4,6,8H2,(H,22,23,24). The van der Waals surface area contributed by atoms with Crippen molar-refractivity contribution in [1.82, 2.24) is 9.97 Å². The predicted octanol–water partition coefficient (Wildman–Crippen LogP) is 4.69. The Morgan fingerprint density at radius 1 is 1.32 bits per heavy atom. The molecule has 3 aromatic rings. The fourth-order valence-corrected chi connectivity index (χ4v) is 4.85. The van der Waals surface area contributed by atoms with E-state index in [1.165, 1.54) is 4.88 Å². The van der Waals surface area contributed by atoms with E-state index in [9.17, 15) is 10.1 Å². The van der Waals surface area contributed by atoms with Crippen LogP contribution in [0.15, 0.2) is 33.5 Å². The first-order valence-electron chi connectivity index (χ1n) is 8.08. The summed E-state index contributed by atoms with van der Waals surface area (Å²) in [7, 11) is 0. The molecule has 0 spiro atoms. The molecule has 2 aromatic heterocycles. The highest BCUT2D eigenvalue weighted by Gasteiger charge is 2.20. The van der Waals surface area contributed by atoms with Crippen LogP contribution in [0.2, 0.25) is 0 Å². The van der Waals surface area contributed by atoms with Crippen molar-refractivity contribution in [2.75, 3.05) is 0 Å². The number of aromatic amines is 1. The quantitative estimate of drug-likeness (QED) is 0.621. The monoisotopic (exact) mass is 411 g/mol. The molecule has 1 aliphatic carbocycles. The number of benzene rings is 1. The molecule has 0 unspecified atom stereocenters. The van der Waals surface area contributed by atoms with Gasteiger partial charge in [-0.15, -0.1) is 11.3 Å². The third kappa shape index (κ3) is 2.94. The lowest BCUT2D eigenvalue weighted by molar-refractivity contribution is 0.700. The average molecular weight is 412 g/mol. The number of aryl methyl sites for hydroxylation is 2. The van der Waals surface area contributed by atoms with Crippen LogP contribution < -0.4 is 5.56 Å². The highest BCUT2D eigenvalue weighted by Crippen LogP contribution is 2.34. The second-order valence-corrected chi connectivity index (χ2v) is 7.93. The number of H-pyrrole nitrogens is 1. The summed E-state index contributed by atoms with van der Waals surface area (Å²) in [5.41, 5.74) is 2.22. The van der Waals surface area contributed by atoms with E-state index < -0.39 is 0 Å². The summed E-state index contributed by atoms with van der Waals surface area (Å²) in [6.45, 7) is 0. The Labute approximate surface area is 157 Å². The fraction of sp³-hybridized carbons (Fsp3) is 0.211. The Balaban J connectivity index is 1.88. The number of allylic oxidation sites excluding steroid dienone is 1. The average Bonchev–Trinajstić information content (AvgIpc) is 3.00. The first-order chi connectivity index (χ1) is 12.2. The topological polar surface area (TPSA) is 69.5 Å². The minimum Gasteiger partial charge on any atom is -0.305 e. The molecule has 6 heteroatoms. The number of fused-ring (bicyclic) bond motifs is 3. The molecule has 0 bridgehead atoms. The third-order valence-electron chi connectivity index (χ3n) is 4.41. The zero-order valence-corrected chi connectivity index (χ0v) is 15.7. The molecule has 0 aliphatic heterocycles. The summed E-state index contributed by atoms with van der Waals surface area (Å²) in [4.78, 5) is 22.0. The lowest BCUT2D eigenvalue weighted by atomic mass is 9.97. The van der Waals surface area contributed by atoms with Gasteiger partial charge in [0.1, 0.15) is 10.9 Å². The van der Waals surface area contributed by atoms with E-state index in [2.05, 4.69) is 32.0 Å². The van der Waals surface area contributed by atoms with E-state index in [1.54, 1.807) is 17.4 Å². The third-order valence-corrected chi connectivity index (χ3v) is 6.31. The van der Waals surface area contributed by atoms with Gasteiger partial charge in [0.2, 0.25) is 0 Å². The summed E-state index contributed by atoms with van der Waals surface area (Å²) in [6.07, 6.45) is 5.98. The molecule has 0 fully saturated rings. The van der Waals surface area contributed by atoms with Gasteiger partial charge in [-0.2, -0.15) is 5.26 Å². The number of nitrogens with one attached hydrogen (secondary N) is 1. The largest absolute Gasteiger partial charge is 0.305 e. The maximum atomic E-state index is 12.6. The number of hydrogen-bond donors (Lipinski definition) is 1. The number of rotatable bonds is 2. The highest BCUT2D eigenvalue weighted by molar-refractivity contribution is 9.10. The van der Waals surface area contributed by atoms with Gasteiger partial charge in [-0.05, 0) is 49.0 Å². The Hall–Kier alpha value is -2.23. The van der Waals surface area contributed by atoms with Gasteiger partial charge in [0.15, 0.2) is 5.82 Å². The zero-order valence-electron chi connectivity index (χ0n) is 13.3. The SMILES string of the molecule is N#CC(=Cc1ccccc1Br)c1nc2sc3c(c2c(=O)[nH]1)CCCC3. The lowest BCUT2D eigenvalue weighted by Crippen LogP contribution is -2.12. The maximum Gasteiger partial charge on any atom is 0.260 e. The van der Waals surface area contributed by atoms with E-state index in [0.717, 1.165) is 46.1 Å². The number of nitrogens with zero attached hydrogens (tertiary/aromatic N) is 2. The minimum absolute atomic E-state index is 0.146. The van der Waals surface area contributed by atoms with E-state index >= 15 is 0 Å². The van der Waals surface area contributed by atoms with Crippen molar-refractivity contribution in [1.29, 1.82) is 5.26 Å². The molecule has 4 rings (SSSR count). The molecule has 1 N–H and O–H groups in total. The molecule has 0 amide bonds. The van der Waals surface area contributed by atoms with E-state index in [0.29, 0.717) is 16.8 Å². The van der Waals surface area contributed by atoms with Crippen LogP contribution in [-0.4, -0.2) is 9.97 Å². The molecule has 1 aromatic carbocycles. The Morgan fingerprint density at radius 3 is 2.92 bits per heavy atom. The summed E-state index contributed by atoms with van der Waals surface area (Å²) >= 11 is 5.06. The molecule has 1 aliphatic rings. The molecular formula is C19H14BrN3OS. The van der Waals surface area contributed by atoms with Crippen LogP contribution in [0.5, 0.6) is 0 Å². The Bertz CT molecular complexity index is 1100. The van der Waals surface area contributed by atoms with Crippen molar-refractivity contribution >= 4 is 49.1 Å². The van der Waals surface area contributed by atoms with Gasteiger partial charge in [0.25, 0.3) is 5.56 Å². The number of nitriles is 1. The fourth-order valence-electron chi connectivity index (χ4n) is 3.19. The van der Waals surface area contributed by atoms with Crippen molar-refractivity contribution in [3.63, 3.8) is 0 Å². The zero-order chi connectivity index (χ0) is 17.4. The van der Waals surface area contributed by atoms with E-state index in [-0.39, 0.29) is 5.56 Å². The second kappa shape index (κ2) is 6.58. The molecule has 2 heterocycles. The molecule has 124 valence electrons. The Morgan fingerprint density at radius 2 is 2.12 bits per heavy atom. The maximum absolute atomic E-state index is 12.6. The first kappa shape index (κ1) is 16.2. The Kier molecular flexibility index (Phi) is 4.28. The number of aromatic nitrogens is 2. The van der Waals surface area contributed by atoms with Crippen LogP contribution in [0, 0.1) is 11.3 Å². The number of thiophene rings is 1. The second-order valence-electron chi connectivity index (χ2n) is 6.00. The minimum atomic E-state index is -0.146. The van der Waals surface area contributed by atoms with Crippen LogP contribution in [0.4, 0.5) is 0 Å².